The molecule has 20 heavy (non-hydrogen) atoms. The highest BCUT2D eigenvalue weighted by Gasteiger charge is 2.10. The number of halogens is 1. The Hall–Kier alpha value is -1.30. The number of para-hydroxylation sites is 2. The zero-order chi connectivity index (χ0) is 14.1. The van der Waals surface area contributed by atoms with E-state index < -0.39 is 0 Å². The highest BCUT2D eigenvalue weighted by Crippen LogP contribution is 2.33. The van der Waals surface area contributed by atoms with Gasteiger partial charge in [0, 0.05) is 15.4 Å². The molecule has 1 aromatic heterocycles. The summed E-state index contributed by atoms with van der Waals surface area (Å²) < 4.78 is 6.71. The molecule has 0 saturated heterocycles. The van der Waals surface area contributed by atoms with E-state index in [4.69, 9.17) is 10.2 Å². The maximum Gasteiger partial charge on any atom is 0.261 e. The van der Waals surface area contributed by atoms with Gasteiger partial charge in [-0.3, -0.25) is 0 Å². The molecular formula is C15H13BrN2OS. The van der Waals surface area contributed by atoms with Crippen molar-refractivity contribution in [3.8, 4) is 0 Å². The molecule has 0 aliphatic carbocycles. The molecule has 102 valence electrons. The summed E-state index contributed by atoms with van der Waals surface area (Å²) in [5.74, 6) is 0. The zero-order valence-electron chi connectivity index (χ0n) is 10.8. The van der Waals surface area contributed by atoms with E-state index in [0.29, 0.717) is 5.22 Å². The molecule has 1 atom stereocenters. The molecule has 0 spiro atoms. The first-order chi connectivity index (χ1) is 9.63. The Labute approximate surface area is 129 Å². The number of nitrogens with zero attached hydrogens (tertiary/aromatic N) is 1. The van der Waals surface area contributed by atoms with Crippen molar-refractivity contribution in [2.24, 2.45) is 5.73 Å². The SMILES string of the molecule is C[C@H](N)c1ccc(Sc2nc3ccccc3o2)cc1Br. The van der Waals surface area contributed by atoms with Gasteiger partial charge in [0.25, 0.3) is 5.22 Å². The standard InChI is InChI=1S/C15H13BrN2OS/c1-9(17)11-7-6-10(8-12(11)16)20-15-18-13-4-2-3-5-14(13)19-15/h2-9H,17H2,1H3/t9-/m0/s1. The molecule has 1 heterocycles. The lowest BCUT2D eigenvalue weighted by Crippen LogP contribution is -2.05. The van der Waals surface area contributed by atoms with Crippen LogP contribution in [0.2, 0.25) is 0 Å². The van der Waals surface area contributed by atoms with E-state index in [0.717, 1.165) is 26.0 Å². The van der Waals surface area contributed by atoms with Crippen molar-refractivity contribution in [1.82, 2.24) is 4.98 Å². The molecule has 0 aliphatic rings. The van der Waals surface area contributed by atoms with E-state index in [2.05, 4.69) is 20.9 Å². The van der Waals surface area contributed by atoms with E-state index in [1.807, 2.05) is 49.4 Å². The van der Waals surface area contributed by atoms with Crippen LogP contribution >= 0.6 is 27.7 Å². The summed E-state index contributed by atoms with van der Waals surface area (Å²) in [6.45, 7) is 1.97. The predicted molar refractivity (Wildman–Crippen MR) is 84.9 cm³/mol. The summed E-state index contributed by atoms with van der Waals surface area (Å²) in [5, 5.41) is 0.645. The normalized spacial score (nSPS) is 12.8. The molecule has 0 unspecified atom stereocenters. The van der Waals surface area contributed by atoms with Crippen LogP contribution in [0, 0.1) is 0 Å². The van der Waals surface area contributed by atoms with Gasteiger partial charge >= 0.3 is 0 Å². The van der Waals surface area contributed by atoms with Crippen LogP contribution in [0.1, 0.15) is 18.5 Å². The van der Waals surface area contributed by atoms with Crippen molar-refractivity contribution in [2.45, 2.75) is 23.1 Å². The molecule has 0 amide bonds. The van der Waals surface area contributed by atoms with Crippen molar-refractivity contribution < 1.29 is 4.42 Å². The minimum Gasteiger partial charge on any atom is -0.431 e. The van der Waals surface area contributed by atoms with Crippen LogP contribution in [0.4, 0.5) is 0 Å². The molecule has 0 aliphatic heterocycles. The minimum atomic E-state index is 0.00718. The van der Waals surface area contributed by atoms with Crippen molar-refractivity contribution >= 4 is 38.8 Å². The third-order valence-corrected chi connectivity index (χ3v) is 4.47. The van der Waals surface area contributed by atoms with Gasteiger partial charge in [0.2, 0.25) is 0 Å². The summed E-state index contributed by atoms with van der Waals surface area (Å²) >= 11 is 5.05. The summed E-state index contributed by atoms with van der Waals surface area (Å²) in [7, 11) is 0. The van der Waals surface area contributed by atoms with Crippen LogP contribution < -0.4 is 5.73 Å². The van der Waals surface area contributed by atoms with Crippen LogP contribution in [-0.4, -0.2) is 4.98 Å². The topological polar surface area (TPSA) is 52.0 Å². The summed E-state index contributed by atoms with van der Waals surface area (Å²) in [6.07, 6.45) is 0. The van der Waals surface area contributed by atoms with E-state index >= 15 is 0 Å². The van der Waals surface area contributed by atoms with Gasteiger partial charge in [-0.25, -0.2) is 4.98 Å². The van der Waals surface area contributed by atoms with Crippen LogP contribution in [0.5, 0.6) is 0 Å². The predicted octanol–water partition coefficient (Wildman–Crippen LogP) is 4.76. The Morgan fingerprint density at radius 2 is 2.05 bits per heavy atom. The average Bonchev–Trinajstić information content (AvgIpc) is 2.80. The summed E-state index contributed by atoms with van der Waals surface area (Å²) in [6, 6.07) is 13.9. The second kappa shape index (κ2) is 5.60. The highest BCUT2D eigenvalue weighted by atomic mass is 79.9. The van der Waals surface area contributed by atoms with Gasteiger partial charge in [-0.1, -0.05) is 34.1 Å². The first-order valence-electron chi connectivity index (χ1n) is 6.22. The second-order valence-electron chi connectivity index (χ2n) is 4.52. The van der Waals surface area contributed by atoms with Crippen LogP contribution in [0.15, 0.2) is 61.5 Å². The zero-order valence-corrected chi connectivity index (χ0v) is 13.2. The van der Waals surface area contributed by atoms with E-state index in [1.54, 1.807) is 0 Å². The quantitative estimate of drug-likeness (QED) is 0.741. The lowest BCUT2D eigenvalue weighted by atomic mass is 10.1. The fourth-order valence-electron chi connectivity index (χ4n) is 1.94. The molecule has 3 rings (SSSR count). The van der Waals surface area contributed by atoms with Gasteiger partial charge in [-0.15, -0.1) is 0 Å². The number of hydrogen-bond acceptors (Lipinski definition) is 4. The molecule has 5 heteroatoms. The Bertz CT molecular complexity index is 721. The first-order valence-corrected chi connectivity index (χ1v) is 7.83. The summed E-state index contributed by atoms with van der Waals surface area (Å²) in [5.41, 5.74) is 8.67. The molecule has 0 saturated carbocycles. The number of nitrogens with two attached hydrogens (primary N) is 1. The van der Waals surface area contributed by atoms with Gasteiger partial charge in [-0.05, 0) is 48.5 Å². The van der Waals surface area contributed by atoms with E-state index in [-0.39, 0.29) is 6.04 Å². The van der Waals surface area contributed by atoms with Gasteiger partial charge in [-0.2, -0.15) is 0 Å². The van der Waals surface area contributed by atoms with Gasteiger partial charge in [0.15, 0.2) is 5.58 Å². The van der Waals surface area contributed by atoms with Gasteiger partial charge in [0.1, 0.15) is 5.52 Å². The second-order valence-corrected chi connectivity index (χ2v) is 6.40. The Balaban J connectivity index is 1.89. The molecule has 2 N–H and O–H groups in total. The lowest BCUT2D eigenvalue weighted by Gasteiger charge is -2.09. The molecule has 0 fully saturated rings. The van der Waals surface area contributed by atoms with Crippen molar-refractivity contribution in [1.29, 1.82) is 0 Å². The van der Waals surface area contributed by atoms with Gasteiger partial charge < -0.3 is 10.2 Å². The molecule has 2 aromatic carbocycles. The third kappa shape index (κ3) is 2.75. The monoisotopic (exact) mass is 348 g/mol. The molecule has 3 aromatic rings. The van der Waals surface area contributed by atoms with Crippen LogP contribution in [-0.2, 0) is 0 Å². The highest BCUT2D eigenvalue weighted by molar-refractivity contribution is 9.10. The number of oxazole rings is 1. The van der Waals surface area contributed by atoms with E-state index in [9.17, 15) is 0 Å². The lowest BCUT2D eigenvalue weighted by molar-refractivity contribution is 0.489. The maximum absolute atomic E-state index is 5.90. The molecular weight excluding hydrogens is 336 g/mol. The molecule has 0 bridgehead atoms. The van der Waals surface area contributed by atoms with E-state index in [1.165, 1.54) is 11.8 Å². The van der Waals surface area contributed by atoms with Crippen LogP contribution in [0.3, 0.4) is 0 Å². The average molecular weight is 349 g/mol. The fourth-order valence-corrected chi connectivity index (χ4v) is 3.62. The number of fused-ring (bicyclic) bond motifs is 1. The van der Waals surface area contributed by atoms with Gasteiger partial charge in [0.05, 0.1) is 0 Å². The smallest absolute Gasteiger partial charge is 0.261 e. The van der Waals surface area contributed by atoms with Crippen molar-refractivity contribution in [3.05, 3.63) is 52.5 Å². The summed E-state index contributed by atoms with van der Waals surface area (Å²) in [4.78, 5) is 5.51. The Morgan fingerprint density at radius 1 is 1.25 bits per heavy atom. The third-order valence-electron chi connectivity index (χ3n) is 2.94. The Kier molecular flexibility index (Phi) is 3.83. The number of hydrogen-bond donors (Lipinski definition) is 1. The maximum atomic E-state index is 5.90. The van der Waals surface area contributed by atoms with Crippen molar-refractivity contribution in [2.75, 3.05) is 0 Å². The molecule has 0 radical (unpaired) electrons. The number of aromatic nitrogens is 1. The number of rotatable bonds is 3. The Morgan fingerprint density at radius 3 is 2.75 bits per heavy atom. The first kappa shape index (κ1) is 13.7. The van der Waals surface area contributed by atoms with Crippen LogP contribution in [0.25, 0.3) is 11.1 Å². The number of benzene rings is 2. The largest absolute Gasteiger partial charge is 0.431 e. The minimum absolute atomic E-state index is 0.00718. The molecule has 3 nitrogen and oxygen atoms in total. The van der Waals surface area contributed by atoms with Crippen molar-refractivity contribution in [3.63, 3.8) is 0 Å². The fraction of sp³-hybridized carbons (Fsp3) is 0.133.